The van der Waals surface area contributed by atoms with Crippen molar-refractivity contribution in [3.63, 3.8) is 0 Å². The first-order valence-corrected chi connectivity index (χ1v) is 6.50. The highest BCUT2D eigenvalue weighted by Crippen LogP contribution is 2.32. The first-order valence-electron chi connectivity index (χ1n) is 6.50. The first-order chi connectivity index (χ1) is 10.3. The molecule has 0 bridgehead atoms. The van der Waals surface area contributed by atoms with Crippen LogP contribution in [-0.4, -0.2) is 17.7 Å². The van der Waals surface area contributed by atoms with Gasteiger partial charge in [0.1, 0.15) is 11.3 Å². The van der Waals surface area contributed by atoms with Crippen LogP contribution in [0.15, 0.2) is 42.5 Å². The summed E-state index contributed by atoms with van der Waals surface area (Å²) in [6.07, 6.45) is -4.40. The lowest BCUT2D eigenvalue weighted by Crippen LogP contribution is -2.05. The van der Waals surface area contributed by atoms with Gasteiger partial charge in [0.05, 0.1) is 12.2 Å². The number of hydrogen-bond acceptors (Lipinski definition) is 3. The van der Waals surface area contributed by atoms with E-state index in [1.54, 1.807) is 6.92 Å². The number of phenols is 1. The van der Waals surface area contributed by atoms with Crippen LogP contribution in [0.1, 0.15) is 22.8 Å². The molecule has 0 aliphatic heterocycles. The molecule has 2 aromatic carbocycles. The van der Waals surface area contributed by atoms with Gasteiger partial charge in [0.25, 0.3) is 0 Å². The lowest BCUT2D eigenvalue weighted by molar-refractivity contribution is -0.137. The van der Waals surface area contributed by atoms with Crippen LogP contribution in [0.3, 0.4) is 0 Å². The lowest BCUT2D eigenvalue weighted by atomic mass is 10.0. The molecule has 0 aliphatic rings. The van der Waals surface area contributed by atoms with Crippen LogP contribution >= 0.6 is 0 Å². The monoisotopic (exact) mass is 310 g/mol. The Morgan fingerprint density at radius 2 is 1.68 bits per heavy atom. The van der Waals surface area contributed by atoms with Crippen molar-refractivity contribution in [1.82, 2.24) is 0 Å². The van der Waals surface area contributed by atoms with E-state index in [1.165, 1.54) is 30.3 Å². The summed E-state index contributed by atoms with van der Waals surface area (Å²) in [5, 5.41) is 9.68. The van der Waals surface area contributed by atoms with Crippen molar-refractivity contribution in [1.29, 1.82) is 0 Å². The van der Waals surface area contributed by atoms with Gasteiger partial charge < -0.3 is 9.84 Å². The molecule has 1 N–H and O–H groups in total. The van der Waals surface area contributed by atoms with E-state index in [-0.39, 0.29) is 17.9 Å². The van der Waals surface area contributed by atoms with Gasteiger partial charge in [-0.1, -0.05) is 18.2 Å². The summed E-state index contributed by atoms with van der Waals surface area (Å²) < 4.78 is 42.4. The summed E-state index contributed by atoms with van der Waals surface area (Å²) >= 11 is 0. The van der Waals surface area contributed by atoms with Crippen molar-refractivity contribution < 1.29 is 27.8 Å². The Bertz CT molecular complexity index is 676. The SMILES string of the molecule is CCOC(=O)c1cc(-c2ccc(C(F)(F)F)cc2)ccc1O. The minimum atomic E-state index is -4.40. The maximum Gasteiger partial charge on any atom is 0.416 e. The second-order valence-corrected chi connectivity index (χ2v) is 4.53. The smallest absolute Gasteiger partial charge is 0.416 e. The highest BCUT2D eigenvalue weighted by atomic mass is 19.4. The molecule has 0 spiro atoms. The number of hydrogen-bond donors (Lipinski definition) is 1. The van der Waals surface area contributed by atoms with Gasteiger partial charge in [-0.3, -0.25) is 0 Å². The van der Waals surface area contributed by atoms with Gasteiger partial charge in [-0.25, -0.2) is 4.79 Å². The van der Waals surface area contributed by atoms with E-state index in [0.717, 1.165) is 12.1 Å². The van der Waals surface area contributed by atoms with E-state index in [0.29, 0.717) is 11.1 Å². The standard InChI is InChI=1S/C16H13F3O3/c1-2-22-15(21)13-9-11(5-8-14(13)20)10-3-6-12(7-4-10)16(17,18)19/h3-9,20H,2H2,1H3. The van der Waals surface area contributed by atoms with Crippen molar-refractivity contribution in [2.75, 3.05) is 6.61 Å². The van der Waals surface area contributed by atoms with E-state index in [9.17, 15) is 23.1 Å². The number of aromatic hydroxyl groups is 1. The minimum absolute atomic E-state index is 0.0285. The van der Waals surface area contributed by atoms with Crippen LogP contribution in [0.5, 0.6) is 5.75 Å². The molecule has 0 amide bonds. The number of carbonyl (C=O) groups excluding carboxylic acids is 1. The lowest BCUT2D eigenvalue weighted by Gasteiger charge is -2.09. The van der Waals surface area contributed by atoms with Gasteiger partial charge >= 0.3 is 12.1 Å². The molecular formula is C16H13F3O3. The van der Waals surface area contributed by atoms with Crippen molar-refractivity contribution in [3.8, 4) is 16.9 Å². The third-order valence-corrected chi connectivity index (χ3v) is 3.04. The number of phenolic OH excluding ortho intramolecular Hbond substituents is 1. The molecule has 22 heavy (non-hydrogen) atoms. The van der Waals surface area contributed by atoms with Gasteiger partial charge in [-0.2, -0.15) is 13.2 Å². The zero-order valence-electron chi connectivity index (χ0n) is 11.6. The third kappa shape index (κ3) is 3.39. The normalized spacial score (nSPS) is 11.3. The Kier molecular flexibility index (Phi) is 4.40. The molecule has 0 heterocycles. The van der Waals surface area contributed by atoms with Crippen LogP contribution in [-0.2, 0) is 10.9 Å². The zero-order chi connectivity index (χ0) is 16.3. The second kappa shape index (κ2) is 6.09. The van der Waals surface area contributed by atoms with Crippen LogP contribution in [0.4, 0.5) is 13.2 Å². The summed E-state index contributed by atoms with van der Waals surface area (Å²) in [5.41, 5.74) is 0.230. The number of rotatable bonds is 3. The fourth-order valence-electron chi connectivity index (χ4n) is 1.94. The average molecular weight is 310 g/mol. The topological polar surface area (TPSA) is 46.5 Å². The Morgan fingerprint density at radius 1 is 1.09 bits per heavy atom. The van der Waals surface area contributed by atoms with Gasteiger partial charge in [-0.05, 0) is 42.3 Å². The molecule has 0 unspecified atom stereocenters. The Labute approximate surface area is 125 Å². The summed E-state index contributed by atoms with van der Waals surface area (Å²) in [6, 6.07) is 8.75. The fourth-order valence-corrected chi connectivity index (χ4v) is 1.94. The molecule has 3 nitrogen and oxygen atoms in total. The Morgan fingerprint density at radius 3 is 2.23 bits per heavy atom. The van der Waals surface area contributed by atoms with Gasteiger partial charge in [0.15, 0.2) is 0 Å². The molecule has 116 valence electrons. The molecule has 2 rings (SSSR count). The van der Waals surface area contributed by atoms with Crippen LogP contribution < -0.4 is 0 Å². The predicted molar refractivity (Wildman–Crippen MR) is 74.5 cm³/mol. The van der Waals surface area contributed by atoms with E-state index in [1.807, 2.05) is 0 Å². The predicted octanol–water partition coefficient (Wildman–Crippen LogP) is 4.25. The van der Waals surface area contributed by atoms with E-state index in [4.69, 9.17) is 4.74 Å². The minimum Gasteiger partial charge on any atom is -0.507 e. The highest BCUT2D eigenvalue weighted by Gasteiger charge is 2.30. The number of benzene rings is 2. The quantitative estimate of drug-likeness (QED) is 0.862. The van der Waals surface area contributed by atoms with Crippen LogP contribution in [0, 0.1) is 0 Å². The van der Waals surface area contributed by atoms with Crippen LogP contribution in [0.25, 0.3) is 11.1 Å². The molecule has 0 saturated carbocycles. The Hall–Kier alpha value is -2.50. The molecule has 0 aromatic heterocycles. The molecule has 2 aromatic rings. The fraction of sp³-hybridized carbons (Fsp3) is 0.188. The third-order valence-electron chi connectivity index (χ3n) is 3.04. The number of ether oxygens (including phenoxy) is 1. The summed E-state index contributed by atoms with van der Waals surface area (Å²) in [7, 11) is 0. The van der Waals surface area contributed by atoms with E-state index in [2.05, 4.69) is 0 Å². The van der Waals surface area contributed by atoms with Crippen molar-refractivity contribution in [3.05, 3.63) is 53.6 Å². The van der Waals surface area contributed by atoms with Crippen molar-refractivity contribution in [2.24, 2.45) is 0 Å². The van der Waals surface area contributed by atoms with Crippen molar-refractivity contribution >= 4 is 5.97 Å². The van der Waals surface area contributed by atoms with Gasteiger partial charge in [0, 0.05) is 0 Å². The molecular weight excluding hydrogens is 297 g/mol. The molecule has 6 heteroatoms. The summed E-state index contributed by atoms with van der Waals surface area (Å²) in [5.74, 6) is -0.928. The van der Waals surface area contributed by atoms with E-state index < -0.39 is 17.7 Å². The molecule has 0 fully saturated rings. The van der Waals surface area contributed by atoms with Gasteiger partial charge in [0.2, 0.25) is 0 Å². The first kappa shape index (κ1) is 15.9. The Balaban J connectivity index is 2.37. The number of esters is 1. The number of halogens is 3. The average Bonchev–Trinajstić information content (AvgIpc) is 2.47. The highest BCUT2D eigenvalue weighted by molar-refractivity contribution is 5.94. The molecule has 0 saturated heterocycles. The zero-order valence-corrected chi connectivity index (χ0v) is 11.6. The van der Waals surface area contributed by atoms with E-state index >= 15 is 0 Å². The number of carbonyl (C=O) groups is 1. The maximum atomic E-state index is 12.5. The second-order valence-electron chi connectivity index (χ2n) is 4.53. The largest absolute Gasteiger partial charge is 0.507 e. The molecule has 0 aliphatic carbocycles. The van der Waals surface area contributed by atoms with Crippen molar-refractivity contribution in [2.45, 2.75) is 13.1 Å². The number of alkyl halides is 3. The van der Waals surface area contributed by atoms with Crippen LogP contribution in [0.2, 0.25) is 0 Å². The van der Waals surface area contributed by atoms with Gasteiger partial charge in [-0.15, -0.1) is 0 Å². The maximum absolute atomic E-state index is 12.5. The summed E-state index contributed by atoms with van der Waals surface area (Å²) in [6.45, 7) is 1.79. The summed E-state index contributed by atoms with van der Waals surface area (Å²) in [4.78, 5) is 11.7. The molecule has 0 atom stereocenters. The molecule has 0 radical (unpaired) electrons.